The second kappa shape index (κ2) is 6.05. The molecule has 0 saturated carbocycles. The largest absolute Gasteiger partial charge is 0.485 e. The third-order valence-electron chi connectivity index (χ3n) is 3.67. The molecule has 0 radical (unpaired) electrons. The van der Waals surface area contributed by atoms with Gasteiger partial charge in [-0.3, -0.25) is 0 Å². The van der Waals surface area contributed by atoms with Crippen LogP contribution in [0.25, 0.3) is 0 Å². The summed E-state index contributed by atoms with van der Waals surface area (Å²) >= 11 is 0. The van der Waals surface area contributed by atoms with Crippen LogP contribution in [0.1, 0.15) is 35.7 Å². The van der Waals surface area contributed by atoms with Crippen molar-refractivity contribution in [1.29, 1.82) is 0 Å². The van der Waals surface area contributed by atoms with E-state index in [2.05, 4.69) is 41.5 Å². The molecule has 1 aromatic heterocycles. The average molecular weight is 274 g/mol. The van der Waals surface area contributed by atoms with E-state index in [1.807, 2.05) is 31.7 Å². The van der Waals surface area contributed by atoms with E-state index in [0.29, 0.717) is 12.6 Å². The van der Waals surface area contributed by atoms with Crippen LogP contribution < -0.4 is 10.1 Å². The zero-order valence-corrected chi connectivity index (χ0v) is 12.8. The molecule has 0 spiro atoms. The topological polar surface area (TPSA) is 52.0 Å². The number of hydrogen-bond donors (Lipinski definition) is 1. The third-order valence-corrected chi connectivity index (χ3v) is 3.67. The van der Waals surface area contributed by atoms with Gasteiger partial charge in [-0.2, -0.15) is 0 Å². The molecule has 0 aliphatic heterocycles. The zero-order chi connectivity index (χ0) is 14.7. The van der Waals surface area contributed by atoms with E-state index >= 15 is 0 Å². The summed E-state index contributed by atoms with van der Waals surface area (Å²) in [5.41, 5.74) is 2.38. The molecular formula is C15H22N4O. The molecule has 0 saturated heterocycles. The van der Waals surface area contributed by atoms with Crippen LogP contribution in [0, 0.1) is 13.8 Å². The van der Waals surface area contributed by atoms with Gasteiger partial charge in [0.25, 0.3) is 0 Å². The van der Waals surface area contributed by atoms with Crippen molar-refractivity contribution < 1.29 is 4.74 Å². The number of nitrogens with zero attached hydrogens (tertiary/aromatic N) is 3. The molecule has 1 atom stereocenters. The first-order valence-corrected chi connectivity index (χ1v) is 6.78. The van der Waals surface area contributed by atoms with Gasteiger partial charge in [0.15, 0.2) is 5.82 Å². The van der Waals surface area contributed by atoms with Gasteiger partial charge in [-0.25, -0.2) is 0 Å². The fourth-order valence-electron chi connectivity index (χ4n) is 1.99. The Morgan fingerprint density at radius 2 is 2.05 bits per heavy atom. The Bertz CT molecular complexity index is 592. The smallest absolute Gasteiger partial charge is 0.170 e. The van der Waals surface area contributed by atoms with Gasteiger partial charge in [-0.15, -0.1) is 10.2 Å². The van der Waals surface area contributed by atoms with Gasteiger partial charge in [0, 0.05) is 13.1 Å². The zero-order valence-electron chi connectivity index (χ0n) is 12.8. The van der Waals surface area contributed by atoms with E-state index < -0.39 is 0 Å². The number of aromatic nitrogens is 3. The minimum Gasteiger partial charge on any atom is -0.485 e. The van der Waals surface area contributed by atoms with Crippen LogP contribution >= 0.6 is 0 Å². The van der Waals surface area contributed by atoms with Gasteiger partial charge in [-0.05, 0) is 45.0 Å². The van der Waals surface area contributed by atoms with Gasteiger partial charge in [0.1, 0.15) is 18.2 Å². The molecule has 0 aliphatic carbocycles. The maximum atomic E-state index is 5.84. The Kier molecular flexibility index (Phi) is 4.39. The third kappa shape index (κ3) is 2.99. The quantitative estimate of drug-likeness (QED) is 0.909. The highest BCUT2D eigenvalue weighted by Gasteiger charge is 2.09. The summed E-state index contributed by atoms with van der Waals surface area (Å²) in [4.78, 5) is 0. The van der Waals surface area contributed by atoms with Gasteiger partial charge in [0.05, 0.1) is 0 Å². The fraction of sp³-hybridized carbons (Fsp3) is 0.467. The molecule has 2 aromatic rings. The van der Waals surface area contributed by atoms with Gasteiger partial charge >= 0.3 is 0 Å². The number of hydrogen-bond acceptors (Lipinski definition) is 4. The summed E-state index contributed by atoms with van der Waals surface area (Å²) in [6, 6.07) is 6.59. The molecule has 20 heavy (non-hydrogen) atoms. The Morgan fingerprint density at radius 3 is 2.60 bits per heavy atom. The number of rotatable bonds is 5. The molecule has 108 valence electrons. The fourth-order valence-corrected chi connectivity index (χ4v) is 1.99. The first kappa shape index (κ1) is 14.5. The predicted molar refractivity (Wildman–Crippen MR) is 78.7 cm³/mol. The van der Waals surface area contributed by atoms with Gasteiger partial charge < -0.3 is 14.6 Å². The summed E-state index contributed by atoms with van der Waals surface area (Å²) in [6.45, 7) is 6.55. The number of ether oxygens (including phenoxy) is 1. The molecule has 0 amide bonds. The second-order valence-corrected chi connectivity index (χ2v) is 5.05. The highest BCUT2D eigenvalue weighted by molar-refractivity contribution is 5.37. The lowest BCUT2D eigenvalue weighted by atomic mass is 10.1. The molecule has 2 rings (SSSR count). The van der Waals surface area contributed by atoms with Crippen LogP contribution in [-0.2, 0) is 13.7 Å². The maximum Gasteiger partial charge on any atom is 0.170 e. The Hall–Kier alpha value is -1.88. The van der Waals surface area contributed by atoms with Crippen LogP contribution in [-0.4, -0.2) is 21.8 Å². The molecule has 5 heteroatoms. The summed E-state index contributed by atoms with van der Waals surface area (Å²) in [6.07, 6.45) is 0. The van der Waals surface area contributed by atoms with Crippen molar-refractivity contribution in [2.45, 2.75) is 33.4 Å². The molecule has 1 unspecified atom stereocenters. The van der Waals surface area contributed by atoms with Crippen molar-refractivity contribution in [2.24, 2.45) is 7.05 Å². The lowest BCUT2D eigenvalue weighted by molar-refractivity contribution is 0.289. The molecule has 1 heterocycles. The molecule has 0 fully saturated rings. The van der Waals surface area contributed by atoms with Crippen LogP contribution in [0.4, 0.5) is 0 Å². The standard InChI is InChI=1S/C15H22N4O/c1-10-8-13(11(2)16-4)6-7-14(10)20-9-15-18-17-12(3)19(15)5/h6-8,11,16H,9H2,1-5H3. The SMILES string of the molecule is CNC(C)c1ccc(OCc2nnc(C)n2C)c(C)c1. The van der Waals surface area contributed by atoms with E-state index in [1.165, 1.54) is 5.56 Å². The summed E-state index contributed by atoms with van der Waals surface area (Å²) in [7, 11) is 3.90. The number of nitrogens with one attached hydrogen (secondary N) is 1. The van der Waals surface area contributed by atoms with Crippen molar-refractivity contribution >= 4 is 0 Å². The molecular weight excluding hydrogens is 252 g/mol. The van der Waals surface area contributed by atoms with Crippen molar-refractivity contribution in [2.75, 3.05) is 7.05 Å². The first-order valence-electron chi connectivity index (χ1n) is 6.78. The van der Waals surface area contributed by atoms with E-state index in [4.69, 9.17) is 4.74 Å². The number of aryl methyl sites for hydroxylation is 2. The number of benzene rings is 1. The minimum atomic E-state index is 0.337. The van der Waals surface area contributed by atoms with Crippen LogP contribution in [0.5, 0.6) is 5.75 Å². The highest BCUT2D eigenvalue weighted by atomic mass is 16.5. The van der Waals surface area contributed by atoms with E-state index in [0.717, 1.165) is 23.0 Å². The van der Waals surface area contributed by atoms with Gasteiger partial charge in [-0.1, -0.05) is 12.1 Å². The molecule has 1 N–H and O–H groups in total. The Balaban J connectivity index is 2.08. The normalized spacial score (nSPS) is 12.4. The minimum absolute atomic E-state index is 0.337. The van der Waals surface area contributed by atoms with E-state index in [9.17, 15) is 0 Å². The van der Waals surface area contributed by atoms with Crippen molar-refractivity contribution in [3.8, 4) is 5.75 Å². The molecule has 0 aliphatic rings. The summed E-state index contributed by atoms with van der Waals surface area (Å²) in [5.74, 6) is 2.60. The Labute approximate surface area is 120 Å². The van der Waals surface area contributed by atoms with Crippen LogP contribution in [0.3, 0.4) is 0 Å². The molecule has 1 aromatic carbocycles. The second-order valence-electron chi connectivity index (χ2n) is 5.05. The van der Waals surface area contributed by atoms with E-state index in [-0.39, 0.29) is 0 Å². The van der Waals surface area contributed by atoms with Crippen LogP contribution in [0.15, 0.2) is 18.2 Å². The predicted octanol–water partition coefficient (Wildman–Crippen LogP) is 2.29. The average Bonchev–Trinajstić information content (AvgIpc) is 2.76. The van der Waals surface area contributed by atoms with Crippen molar-refractivity contribution in [1.82, 2.24) is 20.1 Å². The lowest BCUT2D eigenvalue weighted by Crippen LogP contribution is -2.12. The maximum absolute atomic E-state index is 5.84. The lowest BCUT2D eigenvalue weighted by Gasteiger charge is -2.14. The van der Waals surface area contributed by atoms with Gasteiger partial charge in [0.2, 0.25) is 0 Å². The van der Waals surface area contributed by atoms with E-state index in [1.54, 1.807) is 0 Å². The summed E-state index contributed by atoms with van der Waals surface area (Å²) < 4.78 is 7.78. The monoisotopic (exact) mass is 274 g/mol. The van der Waals surface area contributed by atoms with Crippen LogP contribution in [0.2, 0.25) is 0 Å². The highest BCUT2D eigenvalue weighted by Crippen LogP contribution is 2.23. The summed E-state index contributed by atoms with van der Waals surface area (Å²) in [5, 5.41) is 11.4. The molecule has 0 bridgehead atoms. The Morgan fingerprint density at radius 1 is 1.30 bits per heavy atom. The molecule has 5 nitrogen and oxygen atoms in total. The van der Waals surface area contributed by atoms with Crippen molar-refractivity contribution in [3.63, 3.8) is 0 Å². The first-order chi connectivity index (χ1) is 9.52. The van der Waals surface area contributed by atoms with Crippen molar-refractivity contribution in [3.05, 3.63) is 41.0 Å².